The molecular weight excluding hydrogens is 224 g/mol. The summed E-state index contributed by atoms with van der Waals surface area (Å²) in [4.78, 5) is 11.1. The Hall–Kier alpha value is -0.910. The van der Waals surface area contributed by atoms with E-state index in [1.807, 2.05) is 0 Å². The van der Waals surface area contributed by atoms with E-state index in [1.165, 1.54) is 0 Å². The molecule has 0 aromatic carbocycles. The molecule has 1 saturated heterocycles. The fourth-order valence-corrected chi connectivity index (χ4v) is 1.49. The molecule has 0 aliphatic carbocycles. The summed E-state index contributed by atoms with van der Waals surface area (Å²) in [6.07, 6.45) is 2.29. The van der Waals surface area contributed by atoms with Crippen LogP contribution in [0.3, 0.4) is 0 Å². The molecule has 1 rings (SSSR count). The van der Waals surface area contributed by atoms with Gasteiger partial charge in [-0.3, -0.25) is 0 Å². The molecule has 1 heterocycles. The summed E-state index contributed by atoms with van der Waals surface area (Å²) in [6.45, 7) is 5.63. The van der Waals surface area contributed by atoms with Crippen LogP contribution in [0.4, 0.5) is 0 Å². The van der Waals surface area contributed by atoms with Gasteiger partial charge in [-0.2, -0.15) is 0 Å². The second-order valence-electron chi connectivity index (χ2n) is 3.95. The predicted molar refractivity (Wildman–Crippen MR) is 61.2 cm³/mol. The minimum absolute atomic E-state index is 0.188. The van der Waals surface area contributed by atoms with Gasteiger partial charge in [0.1, 0.15) is 6.61 Å². The normalized spacial score (nSPS) is 24.4. The minimum atomic E-state index is -0.395. The van der Waals surface area contributed by atoms with Crippen LogP contribution in [0.5, 0.6) is 0 Å². The van der Waals surface area contributed by atoms with Crippen molar-refractivity contribution in [1.82, 2.24) is 0 Å². The highest BCUT2D eigenvalue weighted by atomic mass is 16.8. The molecule has 98 valence electrons. The molecule has 0 radical (unpaired) electrons. The van der Waals surface area contributed by atoms with E-state index < -0.39 is 5.97 Å². The molecule has 0 saturated carbocycles. The molecule has 2 unspecified atom stereocenters. The zero-order chi connectivity index (χ0) is 12.7. The van der Waals surface area contributed by atoms with Crippen molar-refractivity contribution >= 4 is 5.97 Å². The maximum absolute atomic E-state index is 11.1. The van der Waals surface area contributed by atoms with Crippen LogP contribution in [0.25, 0.3) is 0 Å². The Kier molecular flexibility index (Phi) is 6.18. The monoisotopic (exact) mass is 244 g/mol. The lowest BCUT2D eigenvalue weighted by Crippen LogP contribution is -2.31. The zero-order valence-corrected chi connectivity index (χ0v) is 10.4. The van der Waals surface area contributed by atoms with Gasteiger partial charge in [-0.1, -0.05) is 6.58 Å². The third-order valence-corrected chi connectivity index (χ3v) is 2.41. The number of ether oxygens (including phenoxy) is 4. The van der Waals surface area contributed by atoms with Crippen molar-refractivity contribution in [1.29, 1.82) is 0 Å². The van der Waals surface area contributed by atoms with E-state index in [1.54, 1.807) is 14.0 Å². The number of rotatable bonds is 6. The van der Waals surface area contributed by atoms with Crippen LogP contribution in [0, 0.1) is 0 Å². The SMILES string of the molecule is C=C(C)C(=O)OCCOC1CCCC(OC)O1. The van der Waals surface area contributed by atoms with E-state index in [2.05, 4.69) is 6.58 Å². The fraction of sp³-hybridized carbons (Fsp3) is 0.750. The first-order chi connectivity index (χ1) is 8.13. The molecule has 1 fully saturated rings. The summed E-state index contributed by atoms with van der Waals surface area (Å²) < 4.78 is 20.9. The van der Waals surface area contributed by atoms with E-state index >= 15 is 0 Å². The van der Waals surface area contributed by atoms with Crippen LogP contribution >= 0.6 is 0 Å². The molecule has 1 aliphatic heterocycles. The molecule has 17 heavy (non-hydrogen) atoms. The van der Waals surface area contributed by atoms with Gasteiger partial charge in [0, 0.05) is 12.7 Å². The summed E-state index contributed by atoms with van der Waals surface area (Å²) in [6, 6.07) is 0. The van der Waals surface area contributed by atoms with Crippen LogP contribution < -0.4 is 0 Å². The Morgan fingerprint density at radius 3 is 2.71 bits per heavy atom. The van der Waals surface area contributed by atoms with E-state index in [4.69, 9.17) is 18.9 Å². The molecule has 0 bridgehead atoms. The zero-order valence-electron chi connectivity index (χ0n) is 10.4. The van der Waals surface area contributed by atoms with Crippen molar-refractivity contribution in [2.45, 2.75) is 38.8 Å². The second kappa shape index (κ2) is 7.42. The van der Waals surface area contributed by atoms with Gasteiger partial charge in [0.05, 0.1) is 6.61 Å². The van der Waals surface area contributed by atoms with Crippen LogP contribution in [0.1, 0.15) is 26.2 Å². The van der Waals surface area contributed by atoms with E-state index in [0.717, 1.165) is 19.3 Å². The fourth-order valence-electron chi connectivity index (χ4n) is 1.49. The number of hydrogen-bond donors (Lipinski definition) is 0. The Labute approximate surface area is 102 Å². The van der Waals surface area contributed by atoms with Crippen molar-refractivity contribution in [3.05, 3.63) is 12.2 Å². The highest BCUT2D eigenvalue weighted by Gasteiger charge is 2.22. The average molecular weight is 244 g/mol. The van der Waals surface area contributed by atoms with E-state index in [0.29, 0.717) is 12.2 Å². The van der Waals surface area contributed by atoms with E-state index in [9.17, 15) is 4.79 Å². The molecule has 5 nitrogen and oxygen atoms in total. The third kappa shape index (κ3) is 5.30. The topological polar surface area (TPSA) is 54.0 Å². The Morgan fingerprint density at radius 1 is 1.35 bits per heavy atom. The molecular formula is C12H20O5. The Balaban J connectivity index is 2.10. The van der Waals surface area contributed by atoms with Crippen molar-refractivity contribution in [3.63, 3.8) is 0 Å². The second-order valence-corrected chi connectivity index (χ2v) is 3.95. The quantitative estimate of drug-likeness (QED) is 0.404. The molecule has 0 spiro atoms. The van der Waals surface area contributed by atoms with Gasteiger partial charge in [0.25, 0.3) is 0 Å². The van der Waals surface area contributed by atoms with Crippen molar-refractivity contribution in [2.75, 3.05) is 20.3 Å². The number of hydrogen-bond acceptors (Lipinski definition) is 5. The highest BCUT2D eigenvalue weighted by molar-refractivity contribution is 5.86. The third-order valence-electron chi connectivity index (χ3n) is 2.41. The maximum atomic E-state index is 11.1. The van der Waals surface area contributed by atoms with Gasteiger partial charge in [0.15, 0.2) is 12.6 Å². The van der Waals surface area contributed by atoms with Crippen molar-refractivity contribution < 1.29 is 23.7 Å². The van der Waals surface area contributed by atoms with Gasteiger partial charge in [-0.15, -0.1) is 0 Å². The summed E-state index contributed by atoms with van der Waals surface area (Å²) in [7, 11) is 1.61. The molecule has 1 aliphatic rings. The van der Waals surface area contributed by atoms with Gasteiger partial charge in [-0.25, -0.2) is 4.79 Å². The summed E-state index contributed by atoms with van der Waals surface area (Å²) in [5.41, 5.74) is 0.387. The number of esters is 1. The first-order valence-electron chi connectivity index (χ1n) is 5.76. The van der Waals surface area contributed by atoms with Gasteiger partial charge < -0.3 is 18.9 Å². The summed E-state index contributed by atoms with van der Waals surface area (Å²) in [5.74, 6) is -0.395. The van der Waals surface area contributed by atoms with Crippen LogP contribution in [-0.2, 0) is 23.7 Å². The number of carbonyl (C=O) groups is 1. The minimum Gasteiger partial charge on any atom is -0.460 e. The largest absolute Gasteiger partial charge is 0.460 e. The first-order valence-corrected chi connectivity index (χ1v) is 5.76. The van der Waals surface area contributed by atoms with E-state index in [-0.39, 0.29) is 19.2 Å². The highest BCUT2D eigenvalue weighted by Crippen LogP contribution is 2.19. The van der Waals surface area contributed by atoms with Gasteiger partial charge >= 0.3 is 5.97 Å². The van der Waals surface area contributed by atoms with Gasteiger partial charge in [-0.05, 0) is 26.2 Å². The maximum Gasteiger partial charge on any atom is 0.333 e. The molecule has 5 heteroatoms. The summed E-state index contributed by atoms with van der Waals surface area (Å²) >= 11 is 0. The molecule has 0 aromatic rings. The van der Waals surface area contributed by atoms with Crippen LogP contribution in [0.15, 0.2) is 12.2 Å². The molecule has 2 atom stereocenters. The lowest BCUT2D eigenvalue weighted by atomic mass is 10.2. The van der Waals surface area contributed by atoms with Crippen molar-refractivity contribution in [2.24, 2.45) is 0 Å². The molecule has 0 amide bonds. The number of methoxy groups -OCH3 is 1. The lowest BCUT2D eigenvalue weighted by molar-refractivity contribution is -0.261. The molecule has 0 N–H and O–H groups in total. The first kappa shape index (κ1) is 14.2. The van der Waals surface area contributed by atoms with Crippen LogP contribution in [-0.4, -0.2) is 38.9 Å². The number of carbonyl (C=O) groups excluding carboxylic acids is 1. The van der Waals surface area contributed by atoms with Crippen LogP contribution in [0.2, 0.25) is 0 Å². The predicted octanol–water partition coefficient (Wildman–Crippen LogP) is 1.62. The Bertz CT molecular complexity index is 264. The average Bonchev–Trinajstić information content (AvgIpc) is 2.34. The van der Waals surface area contributed by atoms with Crippen molar-refractivity contribution in [3.8, 4) is 0 Å². The van der Waals surface area contributed by atoms with Gasteiger partial charge in [0.2, 0.25) is 0 Å². The smallest absolute Gasteiger partial charge is 0.333 e. The Morgan fingerprint density at radius 2 is 2.06 bits per heavy atom. The standard InChI is InChI=1S/C12H20O5/c1-9(2)12(13)16-8-7-15-11-6-4-5-10(14-3)17-11/h10-11H,1,4-8H2,2-3H3. The molecule has 0 aromatic heterocycles. The summed E-state index contributed by atoms with van der Waals surface area (Å²) in [5, 5.41) is 0. The lowest BCUT2D eigenvalue weighted by Gasteiger charge is -2.28.